The summed E-state index contributed by atoms with van der Waals surface area (Å²) in [6.07, 6.45) is 0. The number of likely N-dealkylation sites (N-methyl/N-ethyl adjacent to an activating group) is 2. The maximum absolute atomic E-state index is 11.7. The Bertz CT molecular complexity index is 364. The molecule has 0 heterocycles. The number of hydrogen-bond donors (Lipinski definition) is 1. The Morgan fingerprint density at radius 3 is 2.53 bits per heavy atom. The van der Waals surface area contributed by atoms with Crippen LogP contribution in [0, 0.1) is 0 Å². The highest BCUT2D eigenvalue weighted by Gasteiger charge is 2.16. The van der Waals surface area contributed by atoms with Gasteiger partial charge in [-0.3, -0.25) is 9.69 Å². The van der Waals surface area contributed by atoms with E-state index in [1.165, 1.54) is 5.56 Å². The molecule has 0 radical (unpaired) electrons. The van der Waals surface area contributed by atoms with Gasteiger partial charge in [0.15, 0.2) is 0 Å². The zero-order valence-corrected chi connectivity index (χ0v) is 12.1. The molecule has 94 valence electrons. The van der Waals surface area contributed by atoms with Crippen molar-refractivity contribution in [1.29, 1.82) is 0 Å². The molecule has 0 spiro atoms. The van der Waals surface area contributed by atoms with Gasteiger partial charge in [0.2, 0.25) is 5.91 Å². The molecule has 0 bridgehead atoms. The molecule has 1 rings (SSSR count). The van der Waals surface area contributed by atoms with Crippen LogP contribution < -0.4 is 5.32 Å². The van der Waals surface area contributed by atoms with Crippen LogP contribution in [0.5, 0.6) is 0 Å². The van der Waals surface area contributed by atoms with Gasteiger partial charge in [0.1, 0.15) is 0 Å². The number of amides is 1. The standard InChI is InChI=1S/C13H19BrN2O/c1-4-15-13(17)10(2)16(3)9-11-5-7-12(14)8-6-11/h5-8,10H,4,9H2,1-3H3,(H,15,17)/t10-/m0/s1. The first-order chi connectivity index (χ1) is 8.04. The van der Waals surface area contributed by atoms with E-state index < -0.39 is 0 Å². The van der Waals surface area contributed by atoms with E-state index in [1.807, 2.05) is 37.9 Å². The van der Waals surface area contributed by atoms with Crippen LogP contribution >= 0.6 is 15.9 Å². The highest BCUT2D eigenvalue weighted by molar-refractivity contribution is 9.10. The summed E-state index contributed by atoms with van der Waals surface area (Å²) in [5, 5.41) is 2.83. The van der Waals surface area contributed by atoms with Crippen molar-refractivity contribution < 1.29 is 4.79 Å². The van der Waals surface area contributed by atoms with Crippen LogP contribution in [0.1, 0.15) is 19.4 Å². The first-order valence-electron chi connectivity index (χ1n) is 5.77. The van der Waals surface area contributed by atoms with Crippen molar-refractivity contribution in [3.63, 3.8) is 0 Å². The molecule has 0 saturated carbocycles. The molecule has 1 aromatic carbocycles. The third-order valence-corrected chi connectivity index (χ3v) is 3.27. The van der Waals surface area contributed by atoms with Crippen LogP contribution in [-0.2, 0) is 11.3 Å². The molecule has 0 aliphatic rings. The van der Waals surface area contributed by atoms with E-state index in [-0.39, 0.29) is 11.9 Å². The summed E-state index contributed by atoms with van der Waals surface area (Å²) in [5.41, 5.74) is 1.20. The minimum absolute atomic E-state index is 0.0760. The van der Waals surface area contributed by atoms with Crippen molar-refractivity contribution >= 4 is 21.8 Å². The summed E-state index contributed by atoms with van der Waals surface area (Å²) >= 11 is 3.41. The van der Waals surface area contributed by atoms with Crippen molar-refractivity contribution in [2.45, 2.75) is 26.4 Å². The monoisotopic (exact) mass is 298 g/mol. The lowest BCUT2D eigenvalue weighted by atomic mass is 10.2. The molecule has 0 aromatic heterocycles. The average molecular weight is 299 g/mol. The second kappa shape index (κ2) is 6.77. The Labute approximate surface area is 111 Å². The maximum atomic E-state index is 11.7. The predicted octanol–water partition coefficient (Wildman–Crippen LogP) is 2.41. The van der Waals surface area contributed by atoms with Crippen LogP contribution in [0.4, 0.5) is 0 Å². The lowest BCUT2D eigenvalue weighted by Crippen LogP contribution is -2.42. The van der Waals surface area contributed by atoms with E-state index in [0.29, 0.717) is 6.54 Å². The predicted molar refractivity (Wildman–Crippen MR) is 73.8 cm³/mol. The lowest BCUT2D eigenvalue weighted by Gasteiger charge is -2.23. The van der Waals surface area contributed by atoms with Gasteiger partial charge >= 0.3 is 0 Å². The summed E-state index contributed by atoms with van der Waals surface area (Å²) in [7, 11) is 1.96. The van der Waals surface area contributed by atoms with Crippen molar-refractivity contribution in [2.75, 3.05) is 13.6 Å². The molecule has 0 fully saturated rings. The molecule has 0 aliphatic carbocycles. The highest BCUT2D eigenvalue weighted by atomic mass is 79.9. The Morgan fingerprint density at radius 2 is 2.00 bits per heavy atom. The first-order valence-corrected chi connectivity index (χ1v) is 6.56. The first kappa shape index (κ1) is 14.2. The Balaban J connectivity index is 2.56. The molecular formula is C13H19BrN2O. The van der Waals surface area contributed by atoms with Crippen LogP contribution in [0.15, 0.2) is 28.7 Å². The molecular weight excluding hydrogens is 280 g/mol. The number of carbonyl (C=O) groups excluding carboxylic acids is 1. The van der Waals surface area contributed by atoms with Gasteiger partial charge < -0.3 is 5.32 Å². The smallest absolute Gasteiger partial charge is 0.237 e. The van der Waals surface area contributed by atoms with Crippen molar-refractivity contribution in [1.82, 2.24) is 10.2 Å². The number of carbonyl (C=O) groups is 1. The van der Waals surface area contributed by atoms with Gasteiger partial charge in [-0.25, -0.2) is 0 Å². The Morgan fingerprint density at radius 1 is 1.41 bits per heavy atom. The highest BCUT2D eigenvalue weighted by Crippen LogP contribution is 2.12. The van der Waals surface area contributed by atoms with Gasteiger partial charge in [0.05, 0.1) is 6.04 Å². The van der Waals surface area contributed by atoms with E-state index in [9.17, 15) is 4.79 Å². The van der Waals surface area contributed by atoms with Crippen molar-refractivity contribution in [3.05, 3.63) is 34.3 Å². The van der Waals surface area contributed by atoms with Gasteiger partial charge in [0.25, 0.3) is 0 Å². The lowest BCUT2D eigenvalue weighted by molar-refractivity contribution is -0.125. The molecule has 1 atom stereocenters. The Kier molecular flexibility index (Phi) is 5.65. The van der Waals surface area contributed by atoms with Gasteiger partial charge in [0, 0.05) is 17.6 Å². The zero-order chi connectivity index (χ0) is 12.8. The zero-order valence-electron chi connectivity index (χ0n) is 10.5. The number of halogens is 1. The SMILES string of the molecule is CCNC(=O)[C@H](C)N(C)Cc1ccc(Br)cc1. The van der Waals surface area contributed by atoms with Crippen LogP contribution in [0.2, 0.25) is 0 Å². The molecule has 1 amide bonds. The minimum Gasteiger partial charge on any atom is -0.355 e. The van der Waals surface area contributed by atoms with Gasteiger partial charge in [-0.1, -0.05) is 28.1 Å². The Hall–Kier alpha value is -0.870. The summed E-state index contributed by atoms with van der Waals surface area (Å²) in [6, 6.07) is 8.04. The van der Waals surface area contributed by atoms with E-state index >= 15 is 0 Å². The number of hydrogen-bond acceptors (Lipinski definition) is 2. The van der Waals surface area contributed by atoms with Gasteiger partial charge in [-0.2, -0.15) is 0 Å². The normalized spacial score (nSPS) is 12.5. The molecule has 3 nitrogen and oxygen atoms in total. The molecule has 17 heavy (non-hydrogen) atoms. The topological polar surface area (TPSA) is 32.3 Å². The molecule has 0 saturated heterocycles. The second-order valence-electron chi connectivity index (χ2n) is 4.11. The van der Waals surface area contributed by atoms with Crippen LogP contribution in [0.3, 0.4) is 0 Å². The summed E-state index contributed by atoms with van der Waals surface area (Å²) in [4.78, 5) is 13.7. The second-order valence-corrected chi connectivity index (χ2v) is 5.03. The molecule has 1 N–H and O–H groups in total. The minimum atomic E-state index is -0.112. The third-order valence-electron chi connectivity index (χ3n) is 2.74. The number of rotatable bonds is 5. The van der Waals surface area contributed by atoms with E-state index in [1.54, 1.807) is 0 Å². The van der Waals surface area contributed by atoms with Crippen LogP contribution in [-0.4, -0.2) is 30.4 Å². The fourth-order valence-corrected chi connectivity index (χ4v) is 1.80. The fraction of sp³-hybridized carbons (Fsp3) is 0.462. The maximum Gasteiger partial charge on any atom is 0.237 e. The summed E-state index contributed by atoms with van der Waals surface area (Å²) < 4.78 is 1.07. The average Bonchev–Trinajstić information content (AvgIpc) is 2.31. The van der Waals surface area contributed by atoms with Gasteiger partial charge in [-0.15, -0.1) is 0 Å². The third kappa shape index (κ3) is 4.48. The quantitative estimate of drug-likeness (QED) is 0.905. The van der Waals surface area contributed by atoms with Crippen molar-refractivity contribution in [2.24, 2.45) is 0 Å². The van der Waals surface area contributed by atoms with E-state index in [0.717, 1.165) is 11.0 Å². The van der Waals surface area contributed by atoms with E-state index in [2.05, 4.69) is 33.4 Å². The van der Waals surface area contributed by atoms with E-state index in [4.69, 9.17) is 0 Å². The number of benzene rings is 1. The molecule has 1 aromatic rings. The number of nitrogens with zero attached hydrogens (tertiary/aromatic N) is 1. The summed E-state index contributed by atoms with van der Waals surface area (Å²) in [6.45, 7) is 5.30. The molecule has 0 unspecified atom stereocenters. The van der Waals surface area contributed by atoms with Crippen molar-refractivity contribution in [3.8, 4) is 0 Å². The molecule has 4 heteroatoms. The number of nitrogens with one attached hydrogen (secondary N) is 1. The largest absolute Gasteiger partial charge is 0.355 e. The van der Waals surface area contributed by atoms with Crippen LogP contribution in [0.25, 0.3) is 0 Å². The summed E-state index contributed by atoms with van der Waals surface area (Å²) in [5.74, 6) is 0.0760. The molecule has 0 aliphatic heterocycles. The van der Waals surface area contributed by atoms with Gasteiger partial charge in [-0.05, 0) is 38.6 Å². The fourth-order valence-electron chi connectivity index (χ4n) is 1.54.